The fourth-order valence-electron chi connectivity index (χ4n) is 3.32. The second-order valence-electron chi connectivity index (χ2n) is 7.08. The van der Waals surface area contributed by atoms with E-state index in [4.69, 9.17) is 15.0 Å². The number of halogens is 3. The Morgan fingerprint density at radius 3 is 1.03 bits per heavy atom. The van der Waals surface area contributed by atoms with E-state index in [1.54, 1.807) is 0 Å². The summed E-state index contributed by atoms with van der Waals surface area (Å²) in [4.78, 5) is 14.5. The molecule has 0 spiro atoms. The van der Waals surface area contributed by atoms with Crippen molar-refractivity contribution in [2.75, 3.05) is 0 Å². The molecule has 0 aliphatic rings. The number of aryl methyl sites for hydroxylation is 3. The molecule has 0 N–H and O–H groups in total. The smallest absolute Gasteiger partial charge is 0.179 e. The van der Waals surface area contributed by atoms with Gasteiger partial charge in [-0.15, -0.1) is 0 Å². The van der Waals surface area contributed by atoms with E-state index < -0.39 is 0 Å². The Morgan fingerprint density at radius 2 is 0.788 bits per heavy atom. The molecule has 6 nitrogen and oxygen atoms in total. The lowest BCUT2D eigenvalue weighted by Gasteiger charge is -2.07. The van der Waals surface area contributed by atoms with Gasteiger partial charge in [0.2, 0.25) is 0 Å². The van der Waals surface area contributed by atoms with Gasteiger partial charge in [0.15, 0.2) is 54.7 Å². The molecule has 4 aromatic heterocycles. The van der Waals surface area contributed by atoms with Crippen molar-refractivity contribution in [2.24, 2.45) is 0 Å². The van der Waals surface area contributed by atoms with Gasteiger partial charge in [0.25, 0.3) is 0 Å². The van der Waals surface area contributed by atoms with E-state index in [0.717, 1.165) is 36.3 Å². The molecule has 0 radical (unpaired) electrons. The highest BCUT2D eigenvalue weighted by Crippen LogP contribution is 2.22. The fraction of sp³-hybridized carbons (Fsp3) is 0.250. The third kappa shape index (κ3) is 7.31. The van der Waals surface area contributed by atoms with Crippen LogP contribution in [0.1, 0.15) is 20.8 Å². The number of hydrogen-bond acceptors (Lipinski definition) is 3. The number of rotatable bonds is 6. The lowest BCUT2D eigenvalue weighted by atomic mass is 10.2. The molecule has 0 bridgehead atoms. The summed E-state index contributed by atoms with van der Waals surface area (Å²) < 4.78 is 6.37. The van der Waals surface area contributed by atoms with Crippen LogP contribution in [0.4, 0.5) is 0 Å². The second kappa shape index (κ2) is 14.1. The molecule has 0 saturated carbocycles. The van der Waals surface area contributed by atoms with Crippen molar-refractivity contribution in [2.45, 2.75) is 40.4 Å². The molecule has 0 aromatic carbocycles. The van der Waals surface area contributed by atoms with Crippen LogP contribution in [0.25, 0.3) is 34.2 Å². The van der Waals surface area contributed by atoms with E-state index in [1.807, 2.05) is 36.4 Å². The minimum Gasteiger partial charge on any atom is -1.00 e. The van der Waals surface area contributed by atoms with Crippen LogP contribution in [0.5, 0.6) is 0 Å². The van der Waals surface area contributed by atoms with Crippen molar-refractivity contribution < 1.29 is 85.6 Å². The van der Waals surface area contributed by atoms with Crippen molar-refractivity contribution in [3.8, 4) is 34.2 Å². The number of nitrogens with zero attached hydrogens (tertiary/aromatic N) is 6. The van der Waals surface area contributed by atoms with Crippen molar-refractivity contribution in [3.05, 3.63) is 73.6 Å². The highest BCUT2D eigenvalue weighted by molar-refractivity contribution is 5.64. The van der Waals surface area contributed by atoms with Gasteiger partial charge in [-0.3, -0.25) is 0 Å². The van der Waals surface area contributed by atoms with Gasteiger partial charge in [-0.05, 0) is 39.0 Å². The predicted molar refractivity (Wildman–Crippen MR) is 114 cm³/mol. The second-order valence-corrected chi connectivity index (χ2v) is 7.08. The Hall–Kier alpha value is -1.35. The standard InChI is InChI=1S/C24H27N6.3HI/c1-4-28-13-7-10-19(16-28)22-25-23(20-11-8-14-29(5-2)17-20)27-24(26-22)21-12-9-15-30(6-3)18-21;;;/h7-18H,4-6H2,1-3H3;3*1H/q+3;;;/p-3. The topological polar surface area (TPSA) is 50.3 Å². The molecule has 0 aliphatic carbocycles. The first-order valence-corrected chi connectivity index (χ1v) is 10.4. The average Bonchev–Trinajstić information content (AvgIpc) is 2.83. The van der Waals surface area contributed by atoms with Gasteiger partial charge in [0.1, 0.15) is 19.6 Å². The van der Waals surface area contributed by atoms with Crippen LogP contribution < -0.4 is 85.6 Å². The van der Waals surface area contributed by atoms with Crippen molar-refractivity contribution in [1.82, 2.24) is 15.0 Å². The summed E-state index contributed by atoms with van der Waals surface area (Å²) in [6, 6.07) is 12.2. The predicted octanol–water partition coefficient (Wildman–Crippen LogP) is -6.19. The summed E-state index contributed by atoms with van der Waals surface area (Å²) in [6.45, 7) is 9.04. The van der Waals surface area contributed by atoms with Crippen LogP contribution in [0.3, 0.4) is 0 Å². The summed E-state index contributed by atoms with van der Waals surface area (Å²) in [5.41, 5.74) is 2.92. The average molecular weight is 780 g/mol. The molecule has 0 amide bonds. The molecule has 33 heavy (non-hydrogen) atoms. The van der Waals surface area contributed by atoms with Crippen molar-refractivity contribution in [1.29, 1.82) is 0 Å². The molecule has 0 atom stereocenters. The molecular weight excluding hydrogens is 753 g/mol. The number of hydrogen-bond donors (Lipinski definition) is 0. The maximum absolute atomic E-state index is 4.84. The Balaban J connectivity index is 0.00000181. The summed E-state index contributed by atoms with van der Waals surface area (Å²) in [5, 5.41) is 0. The van der Waals surface area contributed by atoms with Crippen molar-refractivity contribution >= 4 is 0 Å². The van der Waals surface area contributed by atoms with Gasteiger partial charge in [-0.2, -0.15) is 0 Å². The van der Waals surface area contributed by atoms with E-state index in [9.17, 15) is 0 Å². The summed E-state index contributed by atoms with van der Waals surface area (Å²) in [6.07, 6.45) is 12.4. The Morgan fingerprint density at radius 1 is 0.515 bits per heavy atom. The number of aromatic nitrogens is 6. The Kier molecular flexibility index (Phi) is 12.7. The van der Waals surface area contributed by atoms with Crippen LogP contribution in [0.2, 0.25) is 0 Å². The van der Waals surface area contributed by atoms with E-state index in [1.165, 1.54) is 0 Å². The quantitative estimate of drug-likeness (QED) is 0.145. The van der Waals surface area contributed by atoms with Crippen LogP contribution in [-0.4, -0.2) is 15.0 Å². The third-order valence-electron chi connectivity index (χ3n) is 5.08. The summed E-state index contributed by atoms with van der Waals surface area (Å²) in [5.74, 6) is 2.03. The SMILES string of the molecule is CC[n+]1cccc(-c2nc(-c3ccc[n+](CC)c3)nc(-c3ccc[n+](CC)c3)n2)c1.[I-].[I-].[I-]. The highest BCUT2D eigenvalue weighted by Gasteiger charge is 2.17. The zero-order chi connectivity index (χ0) is 20.9. The normalized spacial score (nSPS) is 9.91. The van der Waals surface area contributed by atoms with E-state index in [0.29, 0.717) is 17.5 Å². The van der Waals surface area contributed by atoms with Crippen LogP contribution >= 0.6 is 0 Å². The Labute approximate surface area is 246 Å². The Bertz CT molecular complexity index is 1030. The highest BCUT2D eigenvalue weighted by atomic mass is 127. The van der Waals surface area contributed by atoms with Gasteiger partial charge in [0, 0.05) is 18.2 Å². The maximum Gasteiger partial charge on any atom is 0.179 e. The lowest BCUT2D eigenvalue weighted by molar-refractivity contribution is -0.693. The minimum atomic E-state index is 0. The maximum atomic E-state index is 4.84. The van der Waals surface area contributed by atoms with Crippen molar-refractivity contribution in [3.63, 3.8) is 0 Å². The molecule has 0 unspecified atom stereocenters. The third-order valence-corrected chi connectivity index (χ3v) is 5.08. The van der Waals surface area contributed by atoms with Gasteiger partial charge in [-0.25, -0.2) is 28.7 Å². The molecule has 4 aromatic rings. The molecule has 0 saturated heterocycles. The minimum absolute atomic E-state index is 0. The molecule has 0 aliphatic heterocycles. The van der Waals surface area contributed by atoms with E-state index in [2.05, 4.69) is 71.7 Å². The molecular formula is C24H27I3N6. The molecule has 0 fully saturated rings. The van der Waals surface area contributed by atoms with Gasteiger partial charge in [-0.1, -0.05) is 0 Å². The van der Waals surface area contributed by atoms with Gasteiger partial charge in [0.05, 0.1) is 16.7 Å². The molecule has 4 rings (SSSR count). The first kappa shape index (κ1) is 29.7. The number of pyridine rings is 3. The molecule has 4 heterocycles. The zero-order valence-electron chi connectivity index (χ0n) is 18.9. The molecule has 9 heteroatoms. The van der Waals surface area contributed by atoms with Gasteiger partial charge >= 0.3 is 0 Å². The van der Waals surface area contributed by atoms with Crippen LogP contribution in [0, 0.1) is 0 Å². The van der Waals surface area contributed by atoms with Crippen LogP contribution in [-0.2, 0) is 19.6 Å². The van der Waals surface area contributed by atoms with Gasteiger partial charge < -0.3 is 71.9 Å². The van der Waals surface area contributed by atoms with E-state index >= 15 is 0 Å². The molecule has 174 valence electrons. The summed E-state index contributed by atoms with van der Waals surface area (Å²) in [7, 11) is 0. The first-order chi connectivity index (χ1) is 14.7. The monoisotopic (exact) mass is 780 g/mol. The zero-order valence-corrected chi connectivity index (χ0v) is 25.3. The summed E-state index contributed by atoms with van der Waals surface area (Å²) >= 11 is 0. The van der Waals surface area contributed by atoms with Crippen LogP contribution in [0.15, 0.2) is 73.6 Å². The largest absolute Gasteiger partial charge is 1.00 e. The first-order valence-electron chi connectivity index (χ1n) is 10.4. The lowest BCUT2D eigenvalue weighted by Crippen LogP contribution is -3.00. The fourth-order valence-corrected chi connectivity index (χ4v) is 3.32. The van der Waals surface area contributed by atoms with E-state index in [-0.39, 0.29) is 71.9 Å².